The Hall–Kier alpha value is -1.11. The molecule has 2 rings (SSSR count). The van der Waals surface area contributed by atoms with Crippen LogP contribution in [-0.4, -0.2) is 5.78 Å². The zero-order valence-corrected chi connectivity index (χ0v) is 9.05. The second-order valence-corrected chi connectivity index (χ2v) is 4.46. The van der Waals surface area contributed by atoms with Crippen LogP contribution in [0.4, 0.5) is 0 Å². The van der Waals surface area contributed by atoms with Crippen molar-refractivity contribution in [2.45, 2.75) is 39.5 Å². The van der Waals surface area contributed by atoms with Crippen LogP contribution in [0, 0.1) is 20.8 Å². The Morgan fingerprint density at radius 2 is 1.57 bits per heavy atom. The van der Waals surface area contributed by atoms with E-state index in [1.807, 2.05) is 0 Å². The first-order valence-corrected chi connectivity index (χ1v) is 5.17. The van der Waals surface area contributed by atoms with Crippen LogP contribution in [0.15, 0.2) is 12.1 Å². The van der Waals surface area contributed by atoms with E-state index in [1.165, 1.54) is 22.3 Å². The summed E-state index contributed by atoms with van der Waals surface area (Å²) in [4.78, 5) is 11.0. The van der Waals surface area contributed by atoms with Crippen LogP contribution in [-0.2, 0) is 4.79 Å². The quantitative estimate of drug-likeness (QED) is 0.662. The van der Waals surface area contributed by atoms with Crippen LogP contribution >= 0.6 is 0 Å². The molecule has 1 aliphatic rings. The molecule has 0 radical (unpaired) electrons. The summed E-state index contributed by atoms with van der Waals surface area (Å²) < 4.78 is 0. The highest BCUT2D eigenvalue weighted by Gasteiger charge is 2.29. The summed E-state index contributed by atoms with van der Waals surface area (Å²) in [6, 6.07) is 4.43. The van der Waals surface area contributed by atoms with Crippen molar-refractivity contribution in [3.8, 4) is 0 Å². The molecule has 1 nitrogen and oxygen atoms in total. The highest BCUT2D eigenvalue weighted by Crippen LogP contribution is 2.37. The Kier molecular flexibility index (Phi) is 2.18. The summed E-state index contributed by atoms with van der Waals surface area (Å²) in [5.74, 6) is 0.914. The van der Waals surface area contributed by atoms with Crippen LogP contribution < -0.4 is 0 Å². The van der Waals surface area contributed by atoms with Gasteiger partial charge in [0, 0.05) is 12.8 Å². The van der Waals surface area contributed by atoms with E-state index in [0.717, 1.165) is 12.8 Å². The molecule has 1 fully saturated rings. The van der Waals surface area contributed by atoms with Crippen molar-refractivity contribution in [3.63, 3.8) is 0 Å². The third-order valence-corrected chi connectivity index (χ3v) is 3.09. The van der Waals surface area contributed by atoms with Gasteiger partial charge < -0.3 is 0 Å². The van der Waals surface area contributed by atoms with E-state index in [1.54, 1.807) is 0 Å². The Labute approximate surface area is 85.1 Å². The van der Waals surface area contributed by atoms with Crippen molar-refractivity contribution in [2.24, 2.45) is 0 Å². The fraction of sp³-hybridized carbons (Fsp3) is 0.462. The third kappa shape index (κ3) is 1.47. The summed E-state index contributed by atoms with van der Waals surface area (Å²) in [5.41, 5.74) is 5.42. The number of rotatable bonds is 1. The van der Waals surface area contributed by atoms with E-state index in [2.05, 4.69) is 32.9 Å². The molecule has 0 spiro atoms. The largest absolute Gasteiger partial charge is 0.300 e. The van der Waals surface area contributed by atoms with Gasteiger partial charge in [0.1, 0.15) is 5.78 Å². The normalized spacial score (nSPS) is 16.9. The Balaban J connectivity index is 2.38. The van der Waals surface area contributed by atoms with E-state index in [4.69, 9.17) is 0 Å². The first-order chi connectivity index (χ1) is 6.58. The molecule has 1 aromatic carbocycles. The van der Waals surface area contributed by atoms with Gasteiger partial charge in [0.2, 0.25) is 0 Å². The summed E-state index contributed by atoms with van der Waals surface area (Å²) in [5, 5.41) is 0. The molecule has 1 heteroatoms. The summed E-state index contributed by atoms with van der Waals surface area (Å²) in [6.45, 7) is 6.42. The molecule has 0 aromatic heterocycles. The number of benzene rings is 1. The highest BCUT2D eigenvalue weighted by molar-refractivity contribution is 5.86. The molecule has 0 bridgehead atoms. The van der Waals surface area contributed by atoms with E-state index in [0.29, 0.717) is 11.7 Å². The van der Waals surface area contributed by atoms with Gasteiger partial charge in [-0.15, -0.1) is 0 Å². The summed E-state index contributed by atoms with van der Waals surface area (Å²) in [6.07, 6.45) is 1.51. The minimum absolute atomic E-state index is 0.411. The molecule has 0 heterocycles. The molecule has 74 valence electrons. The molecule has 1 saturated carbocycles. The lowest BCUT2D eigenvalue weighted by molar-refractivity contribution is -0.124. The van der Waals surface area contributed by atoms with Gasteiger partial charge >= 0.3 is 0 Å². The standard InChI is InChI=1S/C13H16O/c1-8-4-9(2)13(10(3)5-8)11-6-12(14)7-11/h4-5,11H,6-7H2,1-3H3. The predicted octanol–water partition coefficient (Wildman–Crippen LogP) is 3.06. The third-order valence-electron chi connectivity index (χ3n) is 3.09. The molecule has 0 atom stereocenters. The van der Waals surface area contributed by atoms with Crippen molar-refractivity contribution in [2.75, 3.05) is 0 Å². The van der Waals surface area contributed by atoms with Crippen LogP contribution in [0.5, 0.6) is 0 Å². The number of carbonyl (C=O) groups excluding carboxylic acids is 1. The maximum absolute atomic E-state index is 11.0. The molecular formula is C13H16O. The lowest BCUT2D eigenvalue weighted by atomic mass is 9.75. The SMILES string of the molecule is Cc1cc(C)c(C2CC(=O)C2)c(C)c1. The van der Waals surface area contributed by atoms with Crippen molar-refractivity contribution in [1.82, 2.24) is 0 Å². The van der Waals surface area contributed by atoms with Crippen LogP contribution in [0.1, 0.15) is 41.0 Å². The van der Waals surface area contributed by atoms with Gasteiger partial charge in [0.25, 0.3) is 0 Å². The number of hydrogen-bond donors (Lipinski definition) is 0. The first-order valence-electron chi connectivity index (χ1n) is 5.17. The number of Topliss-reactive ketones (excluding diaryl/α,β-unsaturated/α-hetero) is 1. The first kappa shape index (κ1) is 9.45. The molecule has 1 aliphatic carbocycles. The second kappa shape index (κ2) is 3.23. The van der Waals surface area contributed by atoms with Crippen LogP contribution in [0.2, 0.25) is 0 Å². The lowest BCUT2D eigenvalue weighted by Crippen LogP contribution is -2.22. The van der Waals surface area contributed by atoms with Crippen molar-refractivity contribution in [3.05, 3.63) is 34.4 Å². The number of aryl methyl sites for hydroxylation is 3. The lowest BCUT2D eigenvalue weighted by Gasteiger charge is -2.28. The molecule has 0 saturated heterocycles. The maximum Gasteiger partial charge on any atom is 0.134 e. The summed E-state index contributed by atoms with van der Waals surface area (Å²) >= 11 is 0. The topological polar surface area (TPSA) is 17.1 Å². The van der Waals surface area contributed by atoms with Gasteiger partial charge in [0.15, 0.2) is 0 Å². The van der Waals surface area contributed by atoms with E-state index in [9.17, 15) is 4.79 Å². The van der Waals surface area contributed by atoms with Crippen molar-refractivity contribution >= 4 is 5.78 Å². The van der Waals surface area contributed by atoms with E-state index < -0.39 is 0 Å². The maximum atomic E-state index is 11.0. The fourth-order valence-electron chi connectivity index (χ4n) is 2.53. The molecule has 0 unspecified atom stereocenters. The monoisotopic (exact) mass is 188 g/mol. The van der Waals surface area contributed by atoms with Crippen molar-refractivity contribution < 1.29 is 4.79 Å². The number of hydrogen-bond acceptors (Lipinski definition) is 1. The average molecular weight is 188 g/mol. The predicted molar refractivity (Wildman–Crippen MR) is 57.6 cm³/mol. The molecule has 14 heavy (non-hydrogen) atoms. The van der Waals surface area contributed by atoms with Crippen molar-refractivity contribution in [1.29, 1.82) is 0 Å². The van der Waals surface area contributed by atoms with Gasteiger partial charge in [-0.25, -0.2) is 0 Å². The second-order valence-electron chi connectivity index (χ2n) is 4.46. The zero-order valence-electron chi connectivity index (χ0n) is 9.05. The van der Waals surface area contributed by atoms with Gasteiger partial charge in [-0.1, -0.05) is 17.7 Å². The van der Waals surface area contributed by atoms with Gasteiger partial charge in [-0.3, -0.25) is 4.79 Å². The minimum Gasteiger partial charge on any atom is -0.300 e. The number of ketones is 1. The van der Waals surface area contributed by atoms with Gasteiger partial charge in [0.05, 0.1) is 0 Å². The fourth-order valence-corrected chi connectivity index (χ4v) is 2.53. The Bertz CT molecular complexity index is 359. The smallest absolute Gasteiger partial charge is 0.134 e. The van der Waals surface area contributed by atoms with E-state index >= 15 is 0 Å². The molecule has 0 aliphatic heterocycles. The molecule has 1 aromatic rings. The molecular weight excluding hydrogens is 172 g/mol. The number of carbonyl (C=O) groups is 1. The van der Waals surface area contributed by atoms with Crippen LogP contribution in [0.25, 0.3) is 0 Å². The molecule has 0 amide bonds. The Morgan fingerprint density at radius 3 is 2.00 bits per heavy atom. The van der Waals surface area contributed by atoms with Gasteiger partial charge in [-0.05, 0) is 43.4 Å². The zero-order chi connectivity index (χ0) is 10.3. The highest BCUT2D eigenvalue weighted by atomic mass is 16.1. The van der Waals surface area contributed by atoms with Gasteiger partial charge in [-0.2, -0.15) is 0 Å². The summed E-state index contributed by atoms with van der Waals surface area (Å²) in [7, 11) is 0. The average Bonchev–Trinajstić information content (AvgIpc) is 1.99. The minimum atomic E-state index is 0.411. The molecule has 0 N–H and O–H groups in total. The van der Waals surface area contributed by atoms with Crippen LogP contribution in [0.3, 0.4) is 0 Å². The Morgan fingerprint density at radius 1 is 1.07 bits per heavy atom. The van der Waals surface area contributed by atoms with E-state index in [-0.39, 0.29) is 0 Å².